The third-order valence-electron chi connectivity index (χ3n) is 5.96. The third kappa shape index (κ3) is 5.45. The highest BCUT2D eigenvalue weighted by molar-refractivity contribution is 5.42. The van der Waals surface area contributed by atoms with E-state index in [2.05, 4.69) is 46.6 Å². The monoisotopic (exact) mass is 410 g/mol. The van der Waals surface area contributed by atoms with E-state index in [0.717, 1.165) is 69.5 Å². The molecule has 0 amide bonds. The average molecular weight is 411 g/mol. The maximum atomic E-state index is 11.3. The van der Waals surface area contributed by atoms with Gasteiger partial charge in [-0.25, -0.2) is 15.0 Å². The first-order valence-electron chi connectivity index (χ1n) is 11.3. The average Bonchev–Trinajstić information content (AvgIpc) is 3.56. The zero-order valence-corrected chi connectivity index (χ0v) is 18.5. The molecule has 2 aliphatic rings. The summed E-state index contributed by atoms with van der Waals surface area (Å²) in [5.74, 6) is 3.51. The van der Waals surface area contributed by atoms with Crippen LogP contribution in [-0.4, -0.2) is 57.6 Å². The van der Waals surface area contributed by atoms with Crippen molar-refractivity contribution in [2.24, 2.45) is 0 Å². The van der Waals surface area contributed by atoms with Crippen LogP contribution in [0.4, 0.5) is 5.82 Å². The minimum atomic E-state index is -0.0692. The molecule has 7 heteroatoms. The van der Waals surface area contributed by atoms with Gasteiger partial charge in [0.05, 0.1) is 0 Å². The van der Waals surface area contributed by atoms with E-state index < -0.39 is 0 Å². The lowest BCUT2D eigenvalue weighted by Crippen LogP contribution is -2.47. The quantitative estimate of drug-likeness (QED) is 0.707. The summed E-state index contributed by atoms with van der Waals surface area (Å²) in [6.45, 7) is 11.8. The number of rotatable bonds is 7. The van der Waals surface area contributed by atoms with Gasteiger partial charge >= 0.3 is 0 Å². The summed E-state index contributed by atoms with van der Waals surface area (Å²) in [7, 11) is 0. The molecule has 3 heterocycles. The van der Waals surface area contributed by atoms with Crippen LogP contribution in [-0.2, 0) is 11.8 Å². The molecule has 1 aliphatic carbocycles. The molecule has 2 aromatic rings. The maximum Gasteiger partial charge on any atom is 0.250 e. The number of hydrogen-bond donors (Lipinski definition) is 1. The number of nitrogens with zero attached hydrogens (tertiary/aromatic N) is 5. The van der Waals surface area contributed by atoms with Gasteiger partial charge in [-0.3, -0.25) is 9.69 Å². The fourth-order valence-electron chi connectivity index (χ4n) is 3.90. The molecular weight excluding hydrogens is 376 g/mol. The largest absolute Gasteiger partial charge is 0.354 e. The van der Waals surface area contributed by atoms with E-state index in [4.69, 9.17) is 9.97 Å². The summed E-state index contributed by atoms with van der Waals surface area (Å²) < 4.78 is 0. The van der Waals surface area contributed by atoms with Crippen LogP contribution < -0.4 is 10.5 Å². The van der Waals surface area contributed by atoms with E-state index in [0.29, 0.717) is 5.92 Å². The summed E-state index contributed by atoms with van der Waals surface area (Å²) in [4.78, 5) is 33.2. The molecule has 2 fully saturated rings. The summed E-state index contributed by atoms with van der Waals surface area (Å²) in [6.07, 6.45) is 7.10. The number of aryl methyl sites for hydroxylation is 1. The number of unbranched alkanes of at least 4 members (excludes halogenated alkanes) is 1. The number of anilines is 1. The molecule has 162 valence electrons. The molecule has 30 heavy (non-hydrogen) atoms. The Labute approximate surface area is 179 Å². The fourth-order valence-corrected chi connectivity index (χ4v) is 3.90. The molecular formula is C23H34N6O. The lowest BCUT2D eigenvalue weighted by Gasteiger charge is -2.36. The van der Waals surface area contributed by atoms with Crippen molar-refractivity contribution < 1.29 is 0 Å². The molecule has 4 rings (SSSR count). The lowest BCUT2D eigenvalue weighted by atomic mass is 9.95. The van der Waals surface area contributed by atoms with Crippen LogP contribution >= 0.6 is 0 Å². The first kappa shape index (κ1) is 21.0. The van der Waals surface area contributed by atoms with E-state index in [9.17, 15) is 4.79 Å². The van der Waals surface area contributed by atoms with Gasteiger partial charge in [0.1, 0.15) is 17.5 Å². The molecule has 1 saturated carbocycles. The standard InChI is InChI=1S/C23H34N6O/c1-23(2,3)22-25-18(17-7-8-17)16-20(27-22)29-14-12-28(13-15-29)11-5-4-6-19-24-10-9-21(30)26-19/h9-10,16-17H,4-8,11-15H2,1-3H3,(H,24,26,30). The molecule has 7 nitrogen and oxygen atoms in total. The van der Waals surface area contributed by atoms with E-state index in [1.807, 2.05) is 0 Å². The van der Waals surface area contributed by atoms with Gasteiger partial charge in [-0.1, -0.05) is 20.8 Å². The zero-order chi connectivity index (χ0) is 21.1. The summed E-state index contributed by atoms with van der Waals surface area (Å²) >= 11 is 0. The normalized spacial score (nSPS) is 18.0. The van der Waals surface area contributed by atoms with Gasteiger partial charge in [-0.15, -0.1) is 0 Å². The number of hydrogen-bond acceptors (Lipinski definition) is 6. The number of nitrogens with one attached hydrogen (secondary N) is 1. The van der Waals surface area contributed by atoms with E-state index in [1.54, 1.807) is 6.20 Å². The van der Waals surface area contributed by atoms with Crippen molar-refractivity contribution >= 4 is 5.82 Å². The van der Waals surface area contributed by atoms with Crippen LogP contribution in [0.5, 0.6) is 0 Å². The van der Waals surface area contributed by atoms with Gasteiger partial charge in [0.2, 0.25) is 0 Å². The molecule has 0 spiro atoms. The second-order valence-electron chi connectivity index (χ2n) is 9.67. The Bertz CT molecular complexity index is 906. The van der Waals surface area contributed by atoms with Crippen LogP contribution in [0.1, 0.15) is 69.7 Å². The smallest absolute Gasteiger partial charge is 0.250 e. The Morgan fingerprint density at radius 3 is 2.53 bits per heavy atom. The predicted molar refractivity (Wildman–Crippen MR) is 119 cm³/mol. The topological polar surface area (TPSA) is 78.0 Å². The van der Waals surface area contributed by atoms with Crippen LogP contribution in [0.25, 0.3) is 0 Å². The van der Waals surface area contributed by atoms with Crippen molar-refractivity contribution in [3.05, 3.63) is 46.0 Å². The summed E-state index contributed by atoms with van der Waals surface area (Å²) in [5.41, 5.74) is 1.14. The second-order valence-corrected chi connectivity index (χ2v) is 9.67. The minimum Gasteiger partial charge on any atom is -0.354 e. The zero-order valence-electron chi connectivity index (χ0n) is 18.5. The van der Waals surface area contributed by atoms with Gasteiger partial charge < -0.3 is 9.88 Å². The van der Waals surface area contributed by atoms with Gasteiger partial charge in [0, 0.05) is 68.0 Å². The van der Waals surface area contributed by atoms with Crippen molar-refractivity contribution in [2.75, 3.05) is 37.6 Å². The summed E-state index contributed by atoms with van der Waals surface area (Å²) in [5, 5.41) is 0. The molecule has 0 radical (unpaired) electrons. The Balaban J connectivity index is 1.28. The first-order valence-corrected chi connectivity index (χ1v) is 11.3. The first-order chi connectivity index (χ1) is 14.4. The van der Waals surface area contributed by atoms with Gasteiger partial charge in [-0.2, -0.15) is 0 Å². The highest BCUT2D eigenvalue weighted by Crippen LogP contribution is 2.40. The fraction of sp³-hybridized carbons (Fsp3) is 0.652. The van der Waals surface area contributed by atoms with Crippen LogP contribution in [0.2, 0.25) is 0 Å². The Kier molecular flexibility index (Phi) is 6.18. The van der Waals surface area contributed by atoms with Gasteiger partial charge in [0.15, 0.2) is 0 Å². The molecule has 0 unspecified atom stereocenters. The van der Waals surface area contributed by atoms with Crippen LogP contribution in [0.3, 0.4) is 0 Å². The number of aromatic amines is 1. The van der Waals surface area contributed by atoms with Gasteiger partial charge in [0.25, 0.3) is 5.56 Å². The number of piperazine rings is 1. The molecule has 0 bridgehead atoms. The molecule has 1 aliphatic heterocycles. The maximum absolute atomic E-state index is 11.3. The SMILES string of the molecule is CC(C)(C)c1nc(C2CC2)cc(N2CCN(CCCCc3nccc(=O)[nH]3)CC2)n1. The molecule has 1 N–H and O–H groups in total. The Hall–Kier alpha value is -2.28. The van der Waals surface area contributed by atoms with Crippen LogP contribution in [0, 0.1) is 0 Å². The highest BCUT2D eigenvalue weighted by Gasteiger charge is 2.29. The van der Waals surface area contributed by atoms with Crippen LogP contribution in [0.15, 0.2) is 23.1 Å². The third-order valence-corrected chi connectivity index (χ3v) is 5.96. The van der Waals surface area contributed by atoms with Crippen molar-refractivity contribution in [2.45, 2.75) is 64.2 Å². The molecule has 0 atom stereocenters. The van der Waals surface area contributed by atoms with Crippen molar-refractivity contribution in [1.82, 2.24) is 24.8 Å². The minimum absolute atomic E-state index is 0.0284. The molecule has 1 saturated heterocycles. The van der Waals surface area contributed by atoms with Crippen molar-refractivity contribution in [3.8, 4) is 0 Å². The highest BCUT2D eigenvalue weighted by atomic mass is 16.1. The Morgan fingerprint density at radius 1 is 1.10 bits per heavy atom. The predicted octanol–water partition coefficient (Wildman–Crippen LogP) is 2.88. The van der Waals surface area contributed by atoms with Crippen molar-refractivity contribution in [3.63, 3.8) is 0 Å². The van der Waals surface area contributed by atoms with E-state index in [-0.39, 0.29) is 11.0 Å². The summed E-state index contributed by atoms with van der Waals surface area (Å²) in [6, 6.07) is 3.69. The van der Waals surface area contributed by atoms with Gasteiger partial charge in [-0.05, 0) is 32.2 Å². The second kappa shape index (κ2) is 8.84. The molecule has 2 aromatic heterocycles. The lowest BCUT2D eigenvalue weighted by molar-refractivity contribution is 0.252. The van der Waals surface area contributed by atoms with E-state index in [1.165, 1.54) is 24.6 Å². The molecule has 0 aromatic carbocycles. The van der Waals surface area contributed by atoms with Crippen molar-refractivity contribution in [1.29, 1.82) is 0 Å². The van der Waals surface area contributed by atoms with E-state index >= 15 is 0 Å². The number of H-pyrrole nitrogens is 1. The number of aromatic nitrogens is 4. The Morgan fingerprint density at radius 2 is 1.87 bits per heavy atom.